The molecule has 0 aliphatic carbocycles. The van der Waals surface area contributed by atoms with Gasteiger partial charge in [0, 0.05) is 16.6 Å². The van der Waals surface area contributed by atoms with Gasteiger partial charge in [-0.05, 0) is 53.5 Å². The van der Waals surface area contributed by atoms with Gasteiger partial charge in [-0.2, -0.15) is 5.26 Å². The second-order valence-corrected chi connectivity index (χ2v) is 5.72. The molecular formula is C17H14BrN3. The van der Waals surface area contributed by atoms with E-state index in [1.165, 1.54) is 5.56 Å². The Morgan fingerprint density at radius 3 is 2.81 bits per heavy atom. The second kappa shape index (κ2) is 5.34. The van der Waals surface area contributed by atoms with Crippen molar-refractivity contribution in [3.63, 3.8) is 0 Å². The maximum atomic E-state index is 9.04. The van der Waals surface area contributed by atoms with Crippen LogP contribution in [-0.2, 0) is 6.54 Å². The number of nitriles is 1. The highest BCUT2D eigenvalue weighted by atomic mass is 79.9. The van der Waals surface area contributed by atoms with Crippen molar-refractivity contribution in [2.45, 2.75) is 20.4 Å². The summed E-state index contributed by atoms with van der Waals surface area (Å²) in [7, 11) is 0. The van der Waals surface area contributed by atoms with E-state index in [0.717, 1.165) is 33.4 Å². The minimum absolute atomic E-state index is 0.637. The average Bonchev–Trinajstić information content (AvgIpc) is 2.87. The number of rotatable bonds is 2. The van der Waals surface area contributed by atoms with Gasteiger partial charge in [0.15, 0.2) is 0 Å². The van der Waals surface area contributed by atoms with E-state index in [-0.39, 0.29) is 0 Å². The van der Waals surface area contributed by atoms with Crippen LogP contribution >= 0.6 is 15.9 Å². The molecular weight excluding hydrogens is 326 g/mol. The molecule has 0 aliphatic rings. The molecule has 1 heterocycles. The number of nitrogens with zero attached hydrogens (tertiary/aromatic N) is 3. The zero-order chi connectivity index (χ0) is 15.0. The van der Waals surface area contributed by atoms with Gasteiger partial charge in [0.1, 0.15) is 5.82 Å². The molecule has 0 saturated carbocycles. The number of aromatic nitrogens is 2. The number of aryl methyl sites for hydroxylation is 2. The van der Waals surface area contributed by atoms with Gasteiger partial charge in [-0.3, -0.25) is 0 Å². The summed E-state index contributed by atoms with van der Waals surface area (Å²) in [5, 5.41) is 9.04. The fourth-order valence-corrected chi connectivity index (χ4v) is 2.99. The van der Waals surface area contributed by atoms with Crippen LogP contribution in [0, 0.1) is 18.3 Å². The van der Waals surface area contributed by atoms with Gasteiger partial charge in [-0.25, -0.2) is 4.98 Å². The Morgan fingerprint density at radius 2 is 2.10 bits per heavy atom. The van der Waals surface area contributed by atoms with Gasteiger partial charge >= 0.3 is 0 Å². The van der Waals surface area contributed by atoms with Crippen molar-refractivity contribution in [3.05, 3.63) is 52.0 Å². The van der Waals surface area contributed by atoms with E-state index in [1.807, 2.05) is 24.3 Å². The maximum Gasteiger partial charge on any atom is 0.142 e. The molecule has 0 unspecified atom stereocenters. The van der Waals surface area contributed by atoms with Crippen molar-refractivity contribution in [1.29, 1.82) is 5.26 Å². The zero-order valence-corrected chi connectivity index (χ0v) is 13.5. The van der Waals surface area contributed by atoms with Crippen molar-refractivity contribution < 1.29 is 0 Å². The third-order valence-electron chi connectivity index (χ3n) is 3.63. The number of fused-ring (bicyclic) bond motifs is 1. The Kier molecular flexibility index (Phi) is 3.52. The Labute approximate surface area is 132 Å². The van der Waals surface area contributed by atoms with Crippen molar-refractivity contribution in [2.24, 2.45) is 0 Å². The number of imidazole rings is 1. The summed E-state index contributed by atoms with van der Waals surface area (Å²) in [6.07, 6.45) is 0. The third-order valence-corrected chi connectivity index (χ3v) is 4.68. The van der Waals surface area contributed by atoms with Crippen LogP contribution in [0.2, 0.25) is 0 Å². The van der Waals surface area contributed by atoms with E-state index in [0.29, 0.717) is 5.56 Å². The number of benzene rings is 2. The molecule has 2 aromatic carbocycles. The first kappa shape index (κ1) is 13.8. The third kappa shape index (κ3) is 2.24. The van der Waals surface area contributed by atoms with Crippen LogP contribution in [0.1, 0.15) is 18.1 Å². The lowest BCUT2D eigenvalue weighted by Gasteiger charge is -2.09. The standard InChI is InChI=1S/C17H14BrN3/c1-3-21-15-8-7-12(10-19)9-14(15)20-17(21)13-6-4-5-11(2)16(13)18/h4-9H,3H2,1-2H3. The van der Waals surface area contributed by atoms with Crippen molar-refractivity contribution in [3.8, 4) is 17.5 Å². The van der Waals surface area contributed by atoms with Crippen LogP contribution < -0.4 is 0 Å². The van der Waals surface area contributed by atoms with Gasteiger partial charge in [-0.1, -0.05) is 18.2 Å². The van der Waals surface area contributed by atoms with Gasteiger partial charge in [-0.15, -0.1) is 0 Å². The van der Waals surface area contributed by atoms with Crippen LogP contribution in [0.25, 0.3) is 22.4 Å². The highest BCUT2D eigenvalue weighted by Gasteiger charge is 2.15. The summed E-state index contributed by atoms with van der Waals surface area (Å²) in [4.78, 5) is 4.75. The lowest BCUT2D eigenvalue weighted by atomic mass is 10.1. The van der Waals surface area contributed by atoms with Gasteiger partial charge in [0.2, 0.25) is 0 Å². The predicted octanol–water partition coefficient (Wildman–Crippen LogP) is 4.67. The largest absolute Gasteiger partial charge is 0.324 e. The fourth-order valence-electron chi connectivity index (χ4n) is 2.55. The molecule has 0 atom stereocenters. The molecule has 21 heavy (non-hydrogen) atoms. The SMILES string of the molecule is CCn1c(-c2cccc(C)c2Br)nc2cc(C#N)ccc21. The van der Waals surface area contributed by atoms with E-state index in [2.05, 4.69) is 52.5 Å². The zero-order valence-electron chi connectivity index (χ0n) is 11.9. The van der Waals surface area contributed by atoms with Crippen molar-refractivity contribution >= 4 is 27.0 Å². The monoisotopic (exact) mass is 339 g/mol. The highest BCUT2D eigenvalue weighted by Crippen LogP contribution is 2.32. The number of hydrogen-bond acceptors (Lipinski definition) is 2. The first-order valence-electron chi connectivity index (χ1n) is 6.81. The average molecular weight is 340 g/mol. The quantitative estimate of drug-likeness (QED) is 0.680. The predicted molar refractivity (Wildman–Crippen MR) is 88.0 cm³/mol. The van der Waals surface area contributed by atoms with Crippen molar-refractivity contribution in [2.75, 3.05) is 0 Å². The van der Waals surface area contributed by atoms with Gasteiger partial charge in [0.25, 0.3) is 0 Å². The Hall–Kier alpha value is -2.12. The molecule has 1 aromatic heterocycles. The summed E-state index contributed by atoms with van der Waals surface area (Å²) in [5.41, 5.74) is 4.81. The Balaban J connectivity index is 2.32. The molecule has 0 saturated heterocycles. The topological polar surface area (TPSA) is 41.6 Å². The normalized spacial score (nSPS) is 10.8. The van der Waals surface area contributed by atoms with Crippen LogP contribution in [0.4, 0.5) is 0 Å². The molecule has 0 N–H and O–H groups in total. The van der Waals surface area contributed by atoms with Crippen molar-refractivity contribution in [1.82, 2.24) is 9.55 Å². The molecule has 3 rings (SSSR count). The van der Waals surface area contributed by atoms with E-state index >= 15 is 0 Å². The van der Waals surface area contributed by atoms with Gasteiger partial charge < -0.3 is 4.57 Å². The summed E-state index contributed by atoms with van der Waals surface area (Å²) < 4.78 is 3.24. The van der Waals surface area contributed by atoms with E-state index in [1.54, 1.807) is 0 Å². The van der Waals surface area contributed by atoms with Crippen LogP contribution in [-0.4, -0.2) is 9.55 Å². The molecule has 0 radical (unpaired) electrons. The van der Waals surface area contributed by atoms with Crippen LogP contribution in [0.5, 0.6) is 0 Å². The number of hydrogen-bond donors (Lipinski definition) is 0. The molecule has 3 aromatic rings. The summed E-state index contributed by atoms with van der Waals surface area (Å²) in [5.74, 6) is 0.929. The molecule has 0 aliphatic heterocycles. The highest BCUT2D eigenvalue weighted by molar-refractivity contribution is 9.10. The van der Waals surface area contributed by atoms with Crippen LogP contribution in [0.15, 0.2) is 40.9 Å². The minimum Gasteiger partial charge on any atom is -0.324 e. The van der Waals surface area contributed by atoms with E-state index in [4.69, 9.17) is 10.2 Å². The number of halogens is 1. The van der Waals surface area contributed by atoms with Gasteiger partial charge in [0.05, 0.1) is 22.7 Å². The fraction of sp³-hybridized carbons (Fsp3) is 0.176. The van der Waals surface area contributed by atoms with E-state index in [9.17, 15) is 0 Å². The second-order valence-electron chi connectivity index (χ2n) is 4.93. The molecule has 0 spiro atoms. The lowest BCUT2D eigenvalue weighted by Crippen LogP contribution is -1.98. The van der Waals surface area contributed by atoms with E-state index < -0.39 is 0 Å². The summed E-state index contributed by atoms with van der Waals surface area (Å²) in [6, 6.07) is 14.0. The Morgan fingerprint density at radius 1 is 1.29 bits per heavy atom. The molecule has 0 bridgehead atoms. The smallest absolute Gasteiger partial charge is 0.142 e. The minimum atomic E-state index is 0.637. The molecule has 0 fully saturated rings. The first-order chi connectivity index (χ1) is 10.2. The Bertz CT molecular complexity index is 872. The molecule has 0 amide bonds. The maximum absolute atomic E-state index is 9.04. The lowest BCUT2D eigenvalue weighted by molar-refractivity contribution is 0.796. The molecule has 4 heteroatoms. The first-order valence-corrected chi connectivity index (χ1v) is 7.61. The summed E-state index contributed by atoms with van der Waals surface area (Å²) in [6.45, 7) is 5.00. The summed E-state index contributed by atoms with van der Waals surface area (Å²) >= 11 is 3.66. The van der Waals surface area contributed by atoms with Crippen LogP contribution in [0.3, 0.4) is 0 Å². The molecule has 104 valence electrons. The molecule has 3 nitrogen and oxygen atoms in total.